The number of hydrogen-bond acceptors (Lipinski definition) is 5. The lowest BCUT2D eigenvalue weighted by Crippen LogP contribution is -2.03. The normalized spacial score (nSPS) is 11.1. The highest BCUT2D eigenvalue weighted by molar-refractivity contribution is 7.99. The second kappa shape index (κ2) is 5.13. The predicted molar refractivity (Wildman–Crippen MR) is 77.0 cm³/mol. The van der Waals surface area contributed by atoms with Crippen LogP contribution in [-0.4, -0.2) is 26.3 Å². The minimum absolute atomic E-state index is 0.0283. The van der Waals surface area contributed by atoms with Gasteiger partial charge < -0.3 is 8.98 Å². The molecule has 0 N–H and O–H groups in total. The average molecular weight is 287 g/mol. The van der Waals surface area contributed by atoms with Gasteiger partial charge in [0, 0.05) is 12.4 Å². The van der Waals surface area contributed by atoms with Crippen molar-refractivity contribution in [3.63, 3.8) is 0 Å². The molecule has 2 aromatic heterocycles. The number of aromatic nitrogens is 3. The quantitative estimate of drug-likeness (QED) is 0.545. The molecule has 20 heavy (non-hydrogen) atoms. The van der Waals surface area contributed by atoms with E-state index in [1.54, 1.807) is 0 Å². The number of carbonyl (C=O) groups is 1. The zero-order valence-electron chi connectivity index (χ0n) is 11.2. The number of Topliss-reactive ketones (excluding diaryl/α,β-unsaturated/α-hetero) is 1. The molecule has 0 amide bonds. The molecule has 0 atom stereocenters. The van der Waals surface area contributed by atoms with Crippen LogP contribution in [0.15, 0.2) is 40.1 Å². The van der Waals surface area contributed by atoms with E-state index >= 15 is 0 Å². The number of ketones is 1. The Bertz CT molecular complexity index is 776. The largest absolute Gasteiger partial charge is 0.464 e. The van der Waals surface area contributed by atoms with Gasteiger partial charge >= 0.3 is 0 Å². The van der Waals surface area contributed by atoms with Gasteiger partial charge in [-0.3, -0.25) is 4.79 Å². The van der Waals surface area contributed by atoms with E-state index in [0.29, 0.717) is 11.3 Å². The fourth-order valence-corrected chi connectivity index (χ4v) is 2.76. The van der Waals surface area contributed by atoms with Crippen LogP contribution in [0.25, 0.3) is 11.0 Å². The summed E-state index contributed by atoms with van der Waals surface area (Å²) in [5, 5.41) is 9.59. The number of furan rings is 1. The van der Waals surface area contributed by atoms with Crippen LogP contribution in [-0.2, 0) is 7.05 Å². The summed E-state index contributed by atoms with van der Waals surface area (Å²) in [5.74, 6) is 1.17. The van der Waals surface area contributed by atoms with Gasteiger partial charge in [-0.05, 0) is 13.0 Å². The predicted octanol–water partition coefficient (Wildman–Crippen LogP) is 2.84. The van der Waals surface area contributed by atoms with E-state index < -0.39 is 0 Å². The summed E-state index contributed by atoms with van der Waals surface area (Å²) < 4.78 is 7.25. The number of rotatable bonds is 4. The molecule has 0 aliphatic carbocycles. The van der Waals surface area contributed by atoms with E-state index in [1.807, 2.05) is 42.8 Å². The average Bonchev–Trinajstić information content (AvgIpc) is 3.02. The van der Waals surface area contributed by atoms with Crippen LogP contribution in [0.3, 0.4) is 0 Å². The Balaban J connectivity index is 1.78. The molecule has 6 heteroatoms. The van der Waals surface area contributed by atoms with Gasteiger partial charge in [-0.25, -0.2) is 0 Å². The van der Waals surface area contributed by atoms with Gasteiger partial charge in [0.05, 0.1) is 11.3 Å². The van der Waals surface area contributed by atoms with Crippen LogP contribution in [0.1, 0.15) is 16.2 Å². The standard InChI is InChI=1S/C14H13N3O2S/c1-9-15-16-14(17(9)2)20-8-12(18)11-7-19-13-6-4-3-5-10(11)13/h3-7H,8H2,1-2H3. The van der Waals surface area contributed by atoms with Crippen molar-refractivity contribution < 1.29 is 9.21 Å². The van der Waals surface area contributed by atoms with Crippen LogP contribution in [0, 0.1) is 6.92 Å². The van der Waals surface area contributed by atoms with Crippen molar-refractivity contribution in [3.05, 3.63) is 41.9 Å². The summed E-state index contributed by atoms with van der Waals surface area (Å²) in [5.41, 5.74) is 1.35. The smallest absolute Gasteiger partial charge is 0.191 e. The number of aryl methyl sites for hydroxylation is 1. The molecular weight excluding hydrogens is 274 g/mol. The summed E-state index contributed by atoms with van der Waals surface area (Å²) in [6.45, 7) is 1.88. The minimum Gasteiger partial charge on any atom is -0.464 e. The fraction of sp³-hybridized carbons (Fsp3) is 0.214. The summed E-state index contributed by atoms with van der Waals surface area (Å²) in [6, 6.07) is 7.53. The molecular formula is C14H13N3O2S. The first kappa shape index (κ1) is 12.9. The molecule has 0 saturated carbocycles. The Kier molecular flexibility index (Phi) is 3.31. The number of carbonyl (C=O) groups excluding carboxylic acids is 1. The molecule has 3 rings (SSSR count). The Morgan fingerprint density at radius 3 is 2.90 bits per heavy atom. The van der Waals surface area contributed by atoms with Crippen molar-refractivity contribution in [1.82, 2.24) is 14.8 Å². The van der Waals surface area contributed by atoms with Crippen molar-refractivity contribution in [2.24, 2.45) is 7.05 Å². The van der Waals surface area contributed by atoms with Crippen molar-refractivity contribution in [2.45, 2.75) is 12.1 Å². The van der Waals surface area contributed by atoms with Crippen molar-refractivity contribution in [3.8, 4) is 0 Å². The molecule has 0 saturated heterocycles. The van der Waals surface area contributed by atoms with E-state index in [9.17, 15) is 4.79 Å². The second-order valence-electron chi connectivity index (χ2n) is 4.45. The maximum absolute atomic E-state index is 12.3. The highest BCUT2D eigenvalue weighted by atomic mass is 32.2. The molecule has 102 valence electrons. The topological polar surface area (TPSA) is 60.9 Å². The molecule has 0 unspecified atom stereocenters. The first-order valence-electron chi connectivity index (χ1n) is 6.15. The third kappa shape index (κ3) is 2.22. The lowest BCUT2D eigenvalue weighted by atomic mass is 10.1. The van der Waals surface area contributed by atoms with Gasteiger partial charge in [-0.15, -0.1) is 10.2 Å². The Hall–Kier alpha value is -2.08. The Morgan fingerprint density at radius 2 is 2.15 bits per heavy atom. The van der Waals surface area contributed by atoms with E-state index in [-0.39, 0.29) is 5.78 Å². The second-order valence-corrected chi connectivity index (χ2v) is 5.39. The molecule has 0 aliphatic rings. The molecule has 0 radical (unpaired) electrons. The molecule has 0 fully saturated rings. The van der Waals surface area contributed by atoms with E-state index in [4.69, 9.17) is 4.42 Å². The molecule has 3 aromatic rings. The first-order chi connectivity index (χ1) is 9.66. The molecule has 0 spiro atoms. The number of fused-ring (bicyclic) bond motifs is 1. The Morgan fingerprint density at radius 1 is 1.35 bits per heavy atom. The zero-order valence-corrected chi connectivity index (χ0v) is 12.0. The highest BCUT2D eigenvalue weighted by Crippen LogP contribution is 2.23. The van der Waals surface area contributed by atoms with Crippen LogP contribution in [0.4, 0.5) is 0 Å². The SMILES string of the molecule is Cc1nnc(SCC(=O)c2coc3ccccc23)n1C. The van der Waals surface area contributed by atoms with Crippen LogP contribution >= 0.6 is 11.8 Å². The number of para-hydroxylation sites is 1. The van der Waals surface area contributed by atoms with Gasteiger partial charge in [0.1, 0.15) is 17.7 Å². The summed E-state index contributed by atoms with van der Waals surface area (Å²) >= 11 is 1.38. The van der Waals surface area contributed by atoms with Gasteiger partial charge in [0.25, 0.3) is 0 Å². The van der Waals surface area contributed by atoms with Gasteiger partial charge in [-0.1, -0.05) is 30.0 Å². The van der Waals surface area contributed by atoms with Crippen molar-refractivity contribution in [1.29, 1.82) is 0 Å². The van der Waals surface area contributed by atoms with E-state index in [2.05, 4.69) is 10.2 Å². The van der Waals surface area contributed by atoms with Gasteiger partial charge in [0.15, 0.2) is 10.9 Å². The molecule has 2 heterocycles. The van der Waals surface area contributed by atoms with Crippen molar-refractivity contribution in [2.75, 3.05) is 5.75 Å². The van der Waals surface area contributed by atoms with Crippen molar-refractivity contribution >= 4 is 28.5 Å². The lowest BCUT2D eigenvalue weighted by molar-refractivity contribution is 0.102. The lowest BCUT2D eigenvalue weighted by Gasteiger charge is -2.00. The van der Waals surface area contributed by atoms with Crippen LogP contribution in [0.5, 0.6) is 0 Å². The summed E-state index contributed by atoms with van der Waals surface area (Å²) in [7, 11) is 1.88. The maximum Gasteiger partial charge on any atom is 0.191 e. The molecule has 5 nitrogen and oxygen atoms in total. The number of nitrogens with zero attached hydrogens (tertiary/aromatic N) is 3. The third-order valence-corrected chi connectivity index (χ3v) is 4.19. The third-order valence-electron chi connectivity index (χ3n) is 3.17. The Labute approximate surface area is 120 Å². The zero-order chi connectivity index (χ0) is 14.1. The number of benzene rings is 1. The van der Waals surface area contributed by atoms with E-state index in [0.717, 1.165) is 22.0 Å². The molecule has 0 bridgehead atoms. The summed E-state index contributed by atoms with van der Waals surface area (Å²) in [4.78, 5) is 12.3. The minimum atomic E-state index is 0.0283. The maximum atomic E-state index is 12.3. The molecule has 1 aromatic carbocycles. The monoisotopic (exact) mass is 287 g/mol. The van der Waals surface area contributed by atoms with E-state index in [1.165, 1.54) is 18.0 Å². The van der Waals surface area contributed by atoms with Crippen LogP contribution in [0.2, 0.25) is 0 Å². The highest BCUT2D eigenvalue weighted by Gasteiger charge is 2.15. The first-order valence-corrected chi connectivity index (χ1v) is 7.13. The summed E-state index contributed by atoms with van der Waals surface area (Å²) in [6.07, 6.45) is 1.52. The number of hydrogen-bond donors (Lipinski definition) is 0. The number of thioether (sulfide) groups is 1. The molecule has 0 aliphatic heterocycles. The van der Waals surface area contributed by atoms with Gasteiger partial charge in [0.2, 0.25) is 0 Å². The fourth-order valence-electron chi connectivity index (χ4n) is 1.91. The van der Waals surface area contributed by atoms with Crippen LogP contribution < -0.4 is 0 Å². The van der Waals surface area contributed by atoms with Gasteiger partial charge in [-0.2, -0.15) is 0 Å².